The highest BCUT2D eigenvalue weighted by molar-refractivity contribution is 5.95. The Morgan fingerprint density at radius 2 is 2.15 bits per heavy atom. The van der Waals surface area contributed by atoms with E-state index in [1.54, 1.807) is 17.0 Å². The number of likely N-dealkylation sites (tertiary alicyclic amines) is 1. The molecule has 2 rings (SSSR count). The average Bonchev–Trinajstić information content (AvgIpc) is 2.48. The predicted octanol–water partition coefficient (Wildman–Crippen LogP) is 1.60. The zero-order valence-corrected chi connectivity index (χ0v) is 11.9. The minimum atomic E-state index is -0.245. The second kappa shape index (κ2) is 5.94. The first-order chi connectivity index (χ1) is 9.52. The molecule has 5 nitrogen and oxygen atoms in total. The van der Waals surface area contributed by atoms with Crippen molar-refractivity contribution in [2.45, 2.75) is 19.8 Å². The van der Waals surface area contributed by atoms with E-state index in [4.69, 9.17) is 10.5 Å². The van der Waals surface area contributed by atoms with Crippen molar-refractivity contribution < 1.29 is 14.3 Å². The Bertz CT molecular complexity index is 528. The molecule has 0 bridgehead atoms. The second-order valence-electron chi connectivity index (χ2n) is 5.18. The van der Waals surface area contributed by atoms with Crippen LogP contribution in [0.4, 0.5) is 5.69 Å². The number of anilines is 1. The lowest BCUT2D eigenvalue weighted by Gasteiger charge is -2.31. The zero-order chi connectivity index (χ0) is 14.7. The van der Waals surface area contributed by atoms with Crippen LogP contribution < -0.4 is 5.73 Å². The van der Waals surface area contributed by atoms with Crippen molar-refractivity contribution in [2.75, 3.05) is 25.9 Å². The topological polar surface area (TPSA) is 72.6 Å². The standard InChI is InChI=1S/C15H20N2O3/c1-10-5-6-11(8-13(10)16)14(18)17-7-3-4-12(9-17)15(19)20-2/h5-6,8,12H,3-4,7,9,16H2,1-2H3. The van der Waals surface area contributed by atoms with Crippen LogP contribution in [0.5, 0.6) is 0 Å². The quantitative estimate of drug-likeness (QED) is 0.658. The van der Waals surface area contributed by atoms with Gasteiger partial charge < -0.3 is 15.4 Å². The molecule has 1 heterocycles. The van der Waals surface area contributed by atoms with Gasteiger partial charge in [-0.1, -0.05) is 6.07 Å². The van der Waals surface area contributed by atoms with Crippen LogP contribution in [0.2, 0.25) is 0 Å². The highest BCUT2D eigenvalue weighted by Crippen LogP contribution is 2.21. The number of nitrogens with zero attached hydrogens (tertiary/aromatic N) is 1. The summed E-state index contributed by atoms with van der Waals surface area (Å²) in [5.74, 6) is -0.545. The van der Waals surface area contributed by atoms with Gasteiger partial charge in [-0.05, 0) is 37.5 Å². The molecule has 1 unspecified atom stereocenters. The van der Waals surface area contributed by atoms with Crippen molar-refractivity contribution in [3.63, 3.8) is 0 Å². The molecule has 1 saturated heterocycles. The molecular weight excluding hydrogens is 256 g/mol. The number of hydrogen-bond acceptors (Lipinski definition) is 4. The molecule has 1 fully saturated rings. The molecule has 0 aliphatic carbocycles. The van der Waals surface area contributed by atoms with Gasteiger partial charge >= 0.3 is 5.97 Å². The van der Waals surface area contributed by atoms with Crippen molar-refractivity contribution in [2.24, 2.45) is 5.92 Å². The number of rotatable bonds is 2. The molecule has 108 valence electrons. The molecule has 1 aliphatic rings. The maximum atomic E-state index is 12.4. The van der Waals surface area contributed by atoms with Crippen LogP contribution in [0.1, 0.15) is 28.8 Å². The number of esters is 1. The van der Waals surface area contributed by atoms with Crippen LogP contribution in [0, 0.1) is 12.8 Å². The van der Waals surface area contributed by atoms with Crippen LogP contribution in [0.15, 0.2) is 18.2 Å². The first-order valence-corrected chi connectivity index (χ1v) is 6.76. The number of methoxy groups -OCH3 is 1. The van der Waals surface area contributed by atoms with Crippen LogP contribution >= 0.6 is 0 Å². The molecule has 1 aromatic carbocycles. The Labute approximate surface area is 118 Å². The normalized spacial score (nSPS) is 18.7. The van der Waals surface area contributed by atoms with Gasteiger partial charge in [-0.25, -0.2) is 0 Å². The summed E-state index contributed by atoms with van der Waals surface area (Å²) in [6, 6.07) is 5.31. The number of carbonyl (C=O) groups is 2. The molecular formula is C15H20N2O3. The van der Waals surface area contributed by atoms with E-state index >= 15 is 0 Å². The summed E-state index contributed by atoms with van der Waals surface area (Å²) in [4.78, 5) is 25.7. The summed E-state index contributed by atoms with van der Waals surface area (Å²) in [7, 11) is 1.38. The molecule has 0 radical (unpaired) electrons. The number of ether oxygens (including phenoxy) is 1. The molecule has 0 saturated carbocycles. The zero-order valence-electron chi connectivity index (χ0n) is 11.9. The number of nitrogen functional groups attached to an aromatic ring is 1. The molecule has 5 heteroatoms. The van der Waals surface area contributed by atoms with Crippen LogP contribution in [-0.2, 0) is 9.53 Å². The van der Waals surface area contributed by atoms with Gasteiger partial charge in [0.1, 0.15) is 0 Å². The number of carbonyl (C=O) groups excluding carboxylic acids is 2. The Hall–Kier alpha value is -2.04. The summed E-state index contributed by atoms with van der Waals surface area (Å²) in [6.07, 6.45) is 1.58. The summed E-state index contributed by atoms with van der Waals surface area (Å²) in [5.41, 5.74) is 7.97. The number of benzene rings is 1. The lowest BCUT2D eigenvalue weighted by molar-refractivity contribution is -0.146. The van der Waals surface area contributed by atoms with Gasteiger partial charge in [0.15, 0.2) is 0 Å². The molecule has 20 heavy (non-hydrogen) atoms. The third-order valence-electron chi connectivity index (χ3n) is 3.77. The minimum absolute atomic E-state index is 0.0784. The Balaban J connectivity index is 2.12. The van der Waals surface area contributed by atoms with Gasteiger partial charge in [0.2, 0.25) is 0 Å². The van der Waals surface area contributed by atoms with Crippen molar-refractivity contribution in [1.82, 2.24) is 4.90 Å². The fourth-order valence-electron chi connectivity index (χ4n) is 2.48. The van der Waals surface area contributed by atoms with E-state index in [2.05, 4.69) is 0 Å². The molecule has 1 aromatic rings. The van der Waals surface area contributed by atoms with E-state index in [9.17, 15) is 9.59 Å². The highest BCUT2D eigenvalue weighted by Gasteiger charge is 2.29. The number of hydrogen-bond donors (Lipinski definition) is 1. The fourth-order valence-corrected chi connectivity index (χ4v) is 2.48. The first kappa shape index (κ1) is 14.4. The third kappa shape index (κ3) is 2.92. The van der Waals surface area contributed by atoms with Crippen molar-refractivity contribution in [3.05, 3.63) is 29.3 Å². The molecule has 1 amide bonds. The largest absolute Gasteiger partial charge is 0.469 e. The van der Waals surface area contributed by atoms with Crippen LogP contribution in [0.3, 0.4) is 0 Å². The lowest BCUT2D eigenvalue weighted by atomic mass is 9.97. The van der Waals surface area contributed by atoms with E-state index in [0.717, 1.165) is 18.4 Å². The summed E-state index contributed by atoms with van der Waals surface area (Å²) < 4.78 is 4.76. The molecule has 0 aromatic heterocycles. The van der Waals surface area contributed by atoms with E-state index < -0.39 is 0 Å². The lowest BCUT2D eigenvalue weighted by Crippen LogP contribution is -2.42. The SMILES string of the molecule is COC(=O)C1CCCN(C(=O)c2ccc(C)c(N)c2)C1. The van der Waals surface area contributed by atoms with E-state index in [1.807, 2.05) is 13.0 Å². The minimum Gasteiger partial charge on any atom is -0.469 e. The molecule has 0 spiro atoms. The molecule has 2 N–H and O–H groups in total. The van der Waals surface area contributed by atoms with Gasteiger partial charge in [0, 0.05) is 24.3 Å². The van der Waals surface area contributed by atoms with E-state index in [-0.39, 0.29) is 17.8 Å². The van der Waals surface area contributed by atoms with Gasteiger partial charge in [0.05, 0.1) is 13.0 Å². The molecule has 1 aliphatic heterocycles. The predicted molar refractivity (Wildman–Crippen MR) is 76.2 cm³/mol. The monoisotopic (exact) mass is 276 g/mol. The van der Waals surface area contributed by atoms with Crippen LogP contribution in [-0.4, -0.2) is 37.0 Å². The Morgan fingerprint density at radius 1 is 1.40 bits per heavy atom. The van der Waals surface area contributed by atoms with E-state index in [0.29, 0.717) is 24.3 Å². The van der Waals surface area contributed by atoms with Crippen molar-refractivity contribution >= 4 is 17.6 Å². The van der Waals surface area contributed by atoms with Crippen LogP contribution in [0.25, 0.3) is 0 Å². The van der Waals surface area contributed by atoms with Gasteiger partial charge in [-0.15, -0.1) is 0 Å². The maximum absolute atomic E-state index is 12.4. The third-order valence-corrected chi connectivity index (χ3v) is 3.77. The summed E-state index contributed by atoms with van der Waals surface area (Å²) >= 11 is 0. The van der Waals surface area contributed by atoms with Gasteiger partial charge in [0.25, 0.3) is 5.91 Å². The number of piperidine rings is 1. The second-order valence-corrected chi connectivity index (χ2v) is 5.18. The fraction of sp³-hybridized carbons (Fsp3) is 0.467. The molecule has 1 atom stereocenters. The number of aryl methyl sites for hydroxylation is 1. The maximum Gasteiger partial charge on any atom is 0.310 e. The van der Waals surface area contributed by atoms with E-state index in [1.165, 1.54) is 7.11 Å². The smallest absolute Gasteiger partial charge is 0.310 e. The Morgan fingerprint density at radius 3 is 2.80 bits per heavy atom. The average molecular weight is 276 g/mol. The summed E-state index contributed by atoms with van der Waals surface area (Å²) in [6.45, 7) is 2.98. The first-order valence-electron chi connectivity index (χ1n) is 6.76. The Kier molecular flexibility index (Phi) is 4.27. The number of nitrogens with two attached hydrogens (primary N) is 1. The summed E-state index contributed by atoms with van der Waals surface area (Å²) in [5, 5.41) is 0. The highest BCUT2D eigenvalue weighted by atomic mass is 16.5. The van der Waals surface area contributed by atoms with Gasteiger partial charge in [-0.2, -0.15) is 0 Å². The van der Waals surface area contributed by atoms with Crippen molar-refractivity contribution in [3.8, 4) is 0 Å². The van der Waals surface area contributed by atoms with Crippen molar-refractivity contribution in [1.29, 1.82) is 0 Å². The number of amides is 1. The van der Waals surface area contributed by atoms with Gasteiger partial charge in [-0.3, -0.25) is 9.59 Å².